The Hall–Kier alpha value is -3.36. The van der Waals surface area contributed by atoms with Crippen LogP contribution in [-0.2, 0) is 14.1 Å². The molecular weight excluding hydrogens is 300 g/mol. The van der Waals surface area contributed by atoms with Gasteiger partial charge in [0.25, 0.3) is 5.56 Å². The fraction of sp³-hybridized carbons (Fsp3) is 0.143. The second-order valence-electron chi connectivity index (χ2n) is 4.93. The number of aromatic amines is 3. The fourth-order valence-corrected chi connectivity index (χ4v) is 2.25. The number of nitrogens with zero attached hydrogens (tertiary/aromatic N) is 3. The number of rotatable bonds is 0. The van der Waals surface area contributed by atoms with E-state index in [0.717, 1.165) is 15.6 Å². The number of hydrogen-bond acceptors (Lipinski definition) is 4. The number of hydrogen-bond donors (Lipinski definition) is 3. The smallest absolute Gasteiger partial charge is 0.332 e. The van der Waals surface area contributed by atoms with E-state index in [-0.39, 0.29) is 16.9 Å². The third-order valence-corrected chi connectivity index (χ3v) is 3.45. The molecule has 0 saturated heterocycles. The minimum Gasteiger partial charge on any atom is -0.339 e. The molecule has 0 spiro atoms. The highest BCUT2D eigenvalue weighted by atomic mass is 16.2. The number of aryl methyl sites for hydroxylation is 1. The van der Waals surface area contributed by atoms with Gasteiger partial charge in [-0.1, -0.05) is 12.1 Å². The summed E-state index contributed by atoms with van der Waals surface area (Å²) in [6.45, 7) is 0. The molecule has 4 aromatic rings. The van der Waals surface area contributed by atoms with Gasteiger partial charge >= 0.3 is 11.4 Å². The van der Waals surface area contributed by atoms with Gasteiger partial charge in [-0.05, 0) is 12.1 Å². The van der Waals surface area contributed by atoms with E-state index >= 15 is 0 Å². The van der Waals surface area contributed by atoms with Crippen LogP contribution in [0, 0.1) is 0 Å². The van der Waals surface area contributed by atoms with Crippen molar-refractivity contribution in [2.75, 3.05) is 0 Å². The zero-order chi connectivity index (χ0) is 16.6. The third-order valence-electron chi connectivity index (χ3n) is 3.45. The van der Waals surface area contributed by atoms with Gasteiger partial charge in [-0.25, -0.2) is 14.6 Å². The Bertz CT molecular complexity index is 1120. The van der Waals surface area contributed by atoms with Gasteiger partial charge < -0.3 is 15.0 Å². The monoisotopic (exact) mass is 314 g/mol. The van der Waals surface area contributed by atoms with E-state index in [0.29, 0.717) is 11.2 Å². The van der Waals surface area contributed by atoms with E-state index in [9.17, 15) is 14.4 Å². The Morgan fingerprint density at radius 1 is 0.957 bits per heavy atom. The lowest BCUT2D eigenvalue weighted by atomic mass is 10.3. The molecule has 4 rings (SSSR count). The summed E-state index contributed by atoms with van der Waals surface area (Å²) in [5.74, 6) is 0. The maximum Gasteiger partial charge on any atom is 0.332 e. The first-order chi connectivity index (χ1) is 11.0. The summed E-state index contributed by atoms with van der Waals surface area (Å²) >= 11 is 0. The molecule has 0 saturated carbocycles. The summed E-state index contributed by atoms with van der Waals surface area (Å²) in [7, 11) is 3.01. The highest BCUT2D eigenvalue weighted by Gasteiger charge is 2.08. The van der Waals surface area contributed by atoms with Crippen LogP contribution >= 0.6 is 0 Å². The maximum atomic E-state index is 11.4. The molecule has 23 heavy (non-hydrogen) atoms. The lowest BCUT2D eigenvalue weighted by Crippen LogP contribution is -2.36. The van der Waals surface area contributed by atoms with Crippen LogP contribution in [0.1, 0.15) is 0 Å². The molecule has 0 amide bonds. The molecule has 3 aromatic heterocycles. The molecule has 9 heteroatoms. The molecule has 0 radical (unpaired) electrons. The van der Waals surface area contributed by atoms with Gasteiger partial charge in [-0.2, -0.15) is 0 Å². The van der Waals surface area contributed by atoms with Gasteiger partial charge in [0.2, 0.25) is 0 Å². The summed E-state index contributed by atoms with van der Waals surface area (Å²) in [6, 6.07) is 7.47. The maximum absolute atomic E-state index is 11.4. The molecule has 0 aliphatic rings. The van der Waals surface area contributed by atoms with Crippen molar-refractivity contribution in [2.24, 2.45) is 14.1 Å². The van der Waals surface area contributed by atoms with E-state index in [1.807, 2.05) is 24.3 Å². The minimum absolute atomic E-state index is 0.152. The average Bonchev–Trinajstić information content (AvgIpc) is 3.16. The Morgan fingerprint density at radius 3 is 2.17 bits per heavy atom. The number of nitrogens with one attached hydrogen (secondary N) is 3. The molecular formula is C14H14N6O3. The van der Waals surface area contributed by atoms with E-state index in [2.05, 4.69) is 19.9 Å². The van der Waals surface area contributed by atoms with Crippen molar-refractivity contribution in [3.8, 4) is 0 Å². The summed E-state index contributed by atoms with van der Waals surface area (Å²) < 4.78 is 2.37. The largest absolute Gasteiger partial charge is 0.339 e. The molecule has 0 unspecified atom stereocenters. The van der Waals surface area contributed by atoms with Crippen LogP contribution in [0.15, 0.2) is 45.0 Å². The van der Waals surface area contributed by atoms with Gasteiger partial charge in [-0.15, -0.1) is 0 Å². The molecule has 0 aliphatic carbocycles. The molecule has 0 atom stereocenters. The summed E-state index contributed by atoms with van der Waals surface area (Å²) in [4.78, 5) is 45.4. The van der Waals surface area contributed by atoms with Crippen molar-refractivity contribution in [2.45, 2.75) is 0 Å². The highest BCUT2D eigenvalue weighted by molar-refractivity contribution is 5.73. The second kappa shape index (κ2) is 5.44. The standard InChI is InChI=1S/C7H8N4O2.C7H6N2O/c1-10-5-4(8-3-9-5)6(12)11(2)7(10)13;10-7-8-5-3-1-2-4-6(5)9-7/h3H,1-2H3,(H,8,9);1-4H,(H2,8,9,10). The molecule has 0 fully saturated rings. The van der Waals surface area contributed by atoms with E-state index in [1.54, 1.807) is 7.05 Å². The zero-order valence-corrected chi connectivity index (χ0v) is 12.5. The van der Waals surface area contributed by atoms with Gasteiger partial charge in [0, 0.05) is 14.1 Å². The van der Waals surface area contributed by atoms with Crippen molar-refractivity contribution >= 4 is 22.2 Å². The number of benzene rings is 1. The van der Waals surface area contributed by atoms with Gasteiger partial charge in [-0.3, -0.25) is 13.9 Å². The van der Waals surface area contributed by atoms with Crippen LogP contribution in [0.3, 0.4) is 0 Å². The van der Waals surface area contributed by atoms with Crippen molar-refractivity contribution in [3.05, 3.63) is 61.9 Å². The van der Waals surface area contributed by atoms with Crippen LogP contribution in [0.4, 0.5) is 0 Å². The first-order valence-corrected chi connectivity index (χ1v) is 6.75. The van der Waals surface area contributed by atoms with E-state index < -0.39 is 0 Å². The van der Waals surface area contributed by atoms with Gasteiger partial charge in [0.05, 0.1) is 17.4 Å². The number of fused-ring (bicyclic) bond motifs is 2. The molecule has 3 N–H and O–H groups in total. The van der Waals surface area contributed by atoms with Crippen LogP contribution in [-0.4, -0.2) is 29.1 Å². The lowest BCUT2D eigenvalue weighted by molar-refractivity contribution is 0.709. The van der Waals surface area contributed by atoms with Gasteiger partial charge in [0.1, 0.15) is 5.52 Å². The highest BCUT2D eigenvalue weighted by Crippen LogP contribution is 2.03. The number of aromatic nitrogens is 6. The molecule has 0 aliphatic heterocycles. The van der Waals surface area contributed by atoms with E-state index in [1.165, 1.54) is 17.9 Å². The van der Waals surface area contributed by atoms with Crippen molar-refractivity contribution in [1.29, 1.82) is 0 Å². The Balaban J connectivity index is 0.000000140. The summed E-state index contributed by atoms with van der Waals surface area (Å²) in [5.41, 5.74) is 1.57. The Kier molecular flexibility index (Phi) is 3.45. The minimum atomic E-state index is -0.371. The van der Waals surface area contributed by atoms with Crippen LogP contribution in [0.2, 0.25) is 0 Å². The van der Waals surface area contributed by atoms with Crippen molar-refractivity contribution < 1.29 is 0 Å². The van der Waals surface area contributed by atoms with Crippen molar-refractivity contribution in [3.63, 3.8) is 0 Å². The van der Waals surface area contributed by atoms with Gasteiger partial charge in [0.15, 0.2) is 5.65 Å². The lowest BCUT2D eigenvalue weighted by Gasteiger charge is -2.00. The Morgan fingerprint density at radius 2 is 1.57 bits per heavy atom. The fourth-order valence-electron chi connectivity index (χ4n) is 2.25. The van der Waals surface area contributed by atoms with Crippen LogP contribution < -0.4 is 16.9 Å². The van der Waals surface area contributed by atoms with Crippen LogP contribution in [0.25, 0.3) is 22.2 Å². The number of H-pyrrole nitrogens is 3. The molecule has 1 aromatic carbocycles. The molecule has 0 bridgehead atoms. The second-order valence-corrected chi connectivity index (χ2v) is 4.93. The quantitative estimate of drug-likeness (QED) is 0.416. The first-order valence-electron chi connectivity index (χ1n) is 6.75. The summed E-state index contributed by atoms with van der Waals surface area (Å²) in [5, 5.41) is 0. The number of para-hydroxylation sites is 2. The molecule has 118 valence electrons. The predicted molar refractivity (Wildman–Crippen MR) is 85.5 cm³/mol. The normalized spacial score (nSPS) is 10.7. The topological polar surface area (TPSA) is 121 Å². The van der Waals surface area contributed by atoms with Crippen LogP contribution in [0.5, 0.6) is 0 Å². The van der Waals surface area contributed by atoms with Crippen molar-refractivity contribution in [1.82, 2.24) is 29.1 Å². The van der Waals surface area contributed by atoms with E-state index in [4.69, 9.17) is 0 Å². The first kappa shape index (κ1) is 14.6. The predicted octanol–water partition coefficient (Wildman–Crippen LogP) is -0.183. The molecule has 9 nitrogen and oxygen atoms in total. The molecule has 3 heterocycles. The zero-order valence-electron chi connectivity index (χ0n) is 12.5. The summed E-state index contributed by atoms with van der Waals surface area (Å²) in [6.07, 6.45) is 1.39. The average molecular weight is 314 g/mol. The third kappa shape index (κ3) is 2.48. The Labute approximate surface area is 128 Å². The SMILES string of the molecule is Cn1c(=O)c2[nH]cnc2n(C)c1=O.O=c1[nH]c2ccccc2[nH]1. The number of imidazole rings is 2.